The SMILES string of the molecule is Cc1nccc(CNC(C)c2ccc(Cl)c(Cl)c2Cl)n1. The van der Waals surface area contributed by atoms with Gasteiger partial charge in [-0.1, -0.05) is 40.9 Å². The van der Waals surface area contributed by atoms with Crippen molar-refractivity contribution in [3.05, 3.63) is 56.5 Å². The van der Waals surface area contributed by atoms with Crippen LogP contribution in [0.1, 0.15) is 30.0 Å². The normalized spacial score (nSPS) is 12.4. The van der Waals surface area contributed by atoms with Crippen LogP contribution in [0.3, 0.4) is 0 Å². The van der Waals surface area contributed by atoms with E-state index in [-0.39, 0.29) is 6.04 Å². The van der Waals surface area contributed by atoms with E-state index in [4.69, 9.17) is 34.8 Å². The second kappa shape index (κ2) is 6.72. The summed E-state index contributed by atoms with van der Waals surface area (Å²) in [5.41, 5.74) is 1.84. The average Bonchev–Trinajstić information content (AvgIpc) is 2.42. The van der Waals surface area contributed by atoms with Crippen molar-refractivity contribution in [3.63, 3.8) is 0 Å². The average molecular weight is 331 g/mol. The van der Waals surface area contributed by atoms with Crippen LogP contribution in [0.5, 0.6) is 0 Å². The molecule has 1 aromatic carbocycles. The Balaban J connectivity index is 2.09. The highest BCUT2D eigenvalue weighted by atomic mass is 35.5. The van der Waals surface area contributed by atoms with Crippen molar-refractivity contribution < 1.29 is 0 Å². The van der Waals surface area contributed by atoms with Crippen molar-refractivity contribution in [1.82, 2.24) is 15.3 Å². The first-order valence-electron chi connectivity index (χ1n) is 6.14. The smallest absolute Gasteiger partial charge is 0.125 e. The maximum absolute atomic E-state index is 6.22. The summed E-state index contributed by atoms with van der Waals surface area (Å²) in [6.07, 6.45) is 1.75. The zero-order chi connectivity index (χ0) is 14.7. The van der Waals surface area contributed by atoms with Gasteiger partial charge in [-0.05, 0) is 31.5 Å². The molecule has 1 atom stereocenters. The molecule has 3 nitrogen and oxygen atoms in total. The molecule has 2 rings (SSSR count). The number of aryl methyl sites for hydroxylation is 1. The fourth-order valence-electron chi connectivity index (χ4n) is 1.85. The summed E-state index contributed by atoms with van der Waals surface area (Å²) in [4.78, 5) is 8.41. The monoisotopic (exact) mass is 329 g/mol. The van der Waals surface area contributed by atoms with Gasteiger partial charge in [0.2, 0.25) is 0 Å². The first-order valence-corrected chi connectivity index (χ1v) is 7.27. The van der Waals surface area contributed by atoms with Gasteiger partial charge in [-0.25, -0.2) is 9.97 Å². The molecule has 0 aliphatic carbocycles. The van der Waals surface area contributed by atoms with Gasteiger partial charge in [0.25, 0.3) is 0 Å². The molecule has 1 aromatic heterocycles. The summed E-state index contributed by atoms with van der Waals surface area (Å²) >= 11 is 18.2. The Kier molecular flexibility index (Phi) is 5.22. The number of nitrogens with zero attached hydrogens (tertiary/aromatic N) is 2. The van der Waals surface area contributed by atoms with Crippen LogP contribution in [0.25, 0.3) is 0 Å². The maximum atomic E-state index is 6.22. The number of halogens is 3. The van der Waals surface area contributed by atoms with Crippen LogP contribution >= 0.6 is 34.8 Å². The second-order valence-electron chi connectivity index (χ2n) is 4.46. The molecular formula is C14H14Cl3N3. The fourth-order valence-corrected chi connectivity index (χ4v) is 2.55. The molecule has 2 aromatic rings. The highest BCUT2D eigenvalue weighted by Gasteiger charge is 2.14. The Labute approximate surface area is 133 Å². The van der Waals surface area contributed by atoms with E-state index >= 15 is 0 Å². The molecular weight excluding hydrogens is 317 g/mol. The van der Waals surface area contributed by atoms with E-state index in [2.05, 4.69) is 15.3 Å². The summed E-state index contributed by atoms with van der Waals surface area (Å²) < 4.78 is 0. The Bertz CT molecular complexity index is 617. The molecule has 6 heteroatoms. The lowest BCUT2D eigenvalue weighted by atomic mass is 10.1. The standard InChI is InChI=1S/C14H14Cl3N3/c1-8(11-3-4-12(15)14(17)13(11)16)19-7-10-5-6-18-9(2)20-10/h3-6,8,19H,7H2,1-2H3. The molecule has 0 saturated heterocycles. The number of aromatic nitrogens is 2. The van der Waals surface area contributed by atoms with Crippen LogP contribution in [0.2, 0.25) is 15.1 Å². The summed E-state index contributed by atoms with van der Waals surface area (Å²) in [6, 6.07) is 5.54. The predicted molar refractivity (Wildman–Crippen MR) is 83.5 cm³/mol. The van der Waals surface area contributed by atoms with Crippen molar-refractivity contribution >= 4 is 34.8 Å². The molecule has 0 bridgehead atoms. The molecule has 0 saturated carbocycles. The quantitative estimate of drug-likeness (QED) is 0.833. The van der Waals surface area contributed by atoms with Crippen LogP contribution in [-0.2, 0) is 6.54 Å². The van der Waals surface area contributed by atoms with Crippen molar-refractivity contribution in [3.8, 4) is 0 Å². The van der Waals surface area contributed by atoms with Gasteiger partial charge in [0.05, 0.1) is 20.8 Å². The highest BCUT2D eigenvalue weighted by molar-refractivity contribution is 6.48. The van der Waals surface area contributed by atoms with Crippen molar-refractivity contribution in [2.45, 2.75) is 26.4 Å². The lowest BCUT2D eigenvalue weighted by Crippen LogP contribution is -2.19. The van der Waals surface area contributed by atoms with Gasteiger partial charge < -0.3 is 5.32 Å². The second-order valence-corrected chi connectivity index (χ2v) is 5.63. The third-order valence-corrected chi connectivity index (χ3v) is 4.26. The molecule has 20 heavy (non-hydrogen) atoms. The van der Waals surface area contributed by atoms with Gasteiger partial charge in [-0.2, -0.15) is 0 Å². The van der Waals surface area contributed by atoms with E-state index in [1.807, 2.05) is 26.0 Å². The van der Waals surface area contributed by atoms with Crippen LogP contribution in [-0.4, -0.2) is 9.97 Å². The molecule has 0 aliphatic rings. The molecule has 0 amide bonds. The first-order chi connectivity index (χ1) is 9.49. The highest BCUT2D eigenvalue weighted by Crippen LogP contribution is 2.35. The Morgan fingerprint density at radius 3 is 2.60 bits per heavy atom. The molecule has 1 unspecified atom stereocenters. The van der Waals surface area contributed by atoms with E-state index in [0.717, 1.165) is 17.1 Å². The number of hydrogen-bond acceptors (Lipinski definition) is 3. The van der Waals surface area contributed by atoms with Crippen LogP contribution in [0.15, 0.2) is 24.4 Å². The van der Waals surface area contributed by atoms with Gasteiger partial charge in [0.1, 0.15) is 5.82 Å². The van der Waals surface area contributed by atoms with Crippen LogP contribution < -0.4 is 5.32 Å². The summed E-state index contributed by atoms with van der Waals surface area (Å²) in [5, 5.41) is 4.68. The largest absolute Gasteiger partial charge is 0.305 e. The number of nitrogens with one attached hydrogen (secondary N) is 1. The van der Waals surface area contributed by atoms with Gasteiger partial charge in [-0.15, -0.1) is 0 Å². The zero-order valence-electron chi connectivity index (χ0n) is 11.1. The van der Waals surface area contributed by atoms with Crippen molar-refractivity contribution in [2.75, 3.05) is 0 Å². The third-order valence-electron chi connectivity index (χ3n) is 2.95. The lowest BCUT2D eigenvalue weighted by molar-refractivity contribution is 0.566. The van der Waals surface area contributed by atoms with Crippen LogP contribution in [0, 0.1) is 6.92 Å². The molecule has 1 heterocycles. The Morgan fingerprint density at radius 1 is 1.15 bits per heavy atom. The topological polar surface area (TPSA) is 37.8 Å². The fraction of sp³-hybridized carbons (Fsp3) is 0.286. The number of benzene rings is 1. The molecule has 0 aliphatic heterocycles. The Hall–Kier alpha value is -0.870. The van der Waals surface area contributed by atoms with Crippen molar-refractivity contribution in [1.29, 1.82) is 0 Å². The first kappa shape index (κ1) is 15.5. The molecule has 106 valence electrons. The minimum Gasteiger partial charge on any atom is -0.305 e. The van der Waals surface area contributed by atoms with E-state index in [1.54, 1.807) is 12.3 Å². The molecule has 0 fully saturated rings. The minimum atomic E-state index is 0.0348. The van der Waals surface area contributed by atoms with Gasteiger partial charge in [-0.3, -0.25) is 0 Å². The molecule has 1 N–H and O–H groups in total. The van der Waals surface area contributed by atoms with Crippen LogP contribution in [0.4, 0.5) is 0 Å². The van der Waals surface area contributed by atoms with Gasteiger partial charge in [0.15, 0.2) is 0 Å². The summed E-state index contributed by atoms with van der Waals surface area (Å²) in [7, 11) is 0. The Morgan fingerprint density at radius 2 is 1.90 bits per heavy atom. The number of rotatable bonds is 4. The maximum Gasteiger partial charge on any atom is 0.125 e. The summed E-state index contributed by atoms with van der Waals surface area (Å²) in [5.74, 6) is 0.754. The molecule has 0 spiro atoms. The van der Waals surface area contributed by atoms with E-state index in [0.29, 0.717) is 21.6 Å². The van der Waals surface area contributed by atoms with Gasteiger partial charge >= 0.3 is 0 Å². The zero-order valence-corrected chi connectivity index (χ0v) is 13.4. The minimum absolute atomic E-state index is 0.0348. The van der Waals surface area contributed by atoms with E-state index in [1.165, 1.54) is 0 Å². The van der Waals surface area contributed by atoms with Crippen molar-refractivity contribution in [2.24, 2.45) is 0 Å². The summed E-state index contributed by atoms with van der Waals surface area (Å²) in [6.45, 7) is 4.50. The van der Waals surface area contributed by atoms with E-state index < -0.39 is 0 Å². The molecule has 0 radical (unpaired) electrons. The third kappa shape index (κ3) is 3.61. The van der Waals surface area contributed by atoms with E-state index in [9.17, 15) is 0 Å². The number of hydrogen-bond donors (Lipinski definition) is 1. The van der Waals surface area contributed by atoms with Gasteiger partial charge in [0, 0.05) is 18.8 Å². The predicted octanol–water partition coefficient (Wildman–Crippen LogP) is 4.60. The lowest BCUT2D eigenvalue weighted by Gasteiger charge is -2.16.